The molecule has 1 aromatic carbocycles. The van der Waals surface area contributed by atoms with E-state index in [9.17, 15) is 4.39 Å². The molecule has 1 aliphatic heterocycles. The van der Waals surface area contributed by atoms with Gasteiger partial charge in [-0.25, -0.2) is 4.39 Å². The minimum absolute atomic E-state index is 0.301. The number of nitrogens with zero attached hydrogens (tertiary/aromatic N) is 1. The Bertz CT molecular complexity index is 438. The molecule has 0 aromatic heterocycles. The smallest absolute Gasteiger partial charge is 0.165 e. The van der Waals surface area contributed by atoms with E-state index < -0.39 is 0 Å². The van der Waals surface area contributed by atoms with E-state index >= 15 is 0 Å². The van der Waals surface area contributed by atoms with Gasteiger partial charge in [-0.15, -0.1) is 0 Å². The van der Waals surface area contributed by atoms with Crippen molar-refractivity contribution in [2.24, 2.45) is 5.92 Å². The topological polar surface area (TPSA) is 24.5 Å². The lowest BCUT2D eigenvalue weighted by Crippen LogP contribution is -2.43. The van der Waals surface area contributed by atoms with E-state index in [1.54, 1.807) is 6.07 Å². The molecular weight excluding hydrogens is 255 g/mol. The quantitative estimate of drug-likeness (QED) is 0.921. The zero-order valence-electron chi connectivity index (χ0n) is 12.7. The van der Waals surface area contributed by atoms with Gasteiger partial charge in [-0.3, -0.25) is 0 Å². The summed E-state index contributed by atoms with van der Waals surface area (Å²) in [6.45, 7) is 7.48. The highest BCUT2D eigenvalue weighted by Gasteiger charge is 2.19. The van der Waals surface area contributed by atoms with Gasteiger partial charge < -0.3 is 15.0 Å². The number of nitrogens with one attached hydrogen (secondary N) is 1. The lowest BCUT2D eigenvalue weighted by Gasteiger charge is -2.33. The van der Waals surface area contributed by atoms with Gasteiger partial charge in [0, 0.05) is 30.9 Å². The molecule has 1 saturated heterocycles. The van der Waals surface area contributed by atoms with Gasteiger partial charge in [0.05, 0.1) is 7.11 Å². The van der Waals surface area contributed by atoms with E-state index in [-0.39, 0.29) is 5.82 Å². The summed E-state index contributed by atoms with van der Waals surface area (Å²) in [4.78, 5) is 2.34. The predicted molar refractivity (Wildman–Crippen MR) is 81.0 cm³/mol. The zero-order valence-corrected chi connectivity index (χ0v) is 12.7. The Kier molecular flexibility index (Phi) is 5.24. The van der Waals surface area contributed by atoms with Crippen molar-refractivity contribution in [3.05, 3.63) is 24.0 Å². The molecular formula is C16H25FN2O. The van der Waals surface area contributed by atoms with Crippen molar-refractivity contribution in [3.63, 3.8) is 0 Å². The van der Waals surface area contributed by atoms with Crippen molar-refractivity contribution >= 4 is 5.69 Å². The van der Waals surface area contributed by atoms with Gasteiger partial charge in [-0.2, -0.15) is 0 Å². The molecule has 1 heterocycles. The van der Waals surface area contributed by atoms with E-state index in [2.05, 4.69) is 24.1 Å². The van der Waals surface area contributed by atoms with Crippen molar-refractivity contribution in [2.45, 2.75) is 32.7 Å². The van der Waals surface area contributed by atoms with Crippen molar-refractivity contribution < 1.29 is 9.13 Å². The second-order valence-electron chi connectivity index (χ2n) is 5.67. The Hall–Kier alpha value is -1.29. The van der Waals surface area contributed by atoms with Crippen LogP contribution in [0.2, 0.25) is 0 Å². The lowest BCUT2D eigenvalue weighted by atomic mass is 10.0. The first-order valence-corrected chi connectivity index (χ1v) is 7.46. The molecule has 1 N–H and O–H groups in total. The van der Waals surface area contributed by atoms with Crippen LogP contribution in [0.3, 0.4) is 0 Å². The molecule has 112 valence electrons. The van der Waals surface area contributed by atoms with Crippen LogP contribution in [0.25, 0.3) is 0 Å². The van der Waals surface area contributed by atoms with Gasteiger partial charge in [0.15, 0.2) is 11.6 Å². The van der Waals surface area contributed by atoms with E-state index in [0.29, 0.717) is 17.7 Å². The minimum atomic E-state index is -0.301. The van der Waals surface area contributed by atoms with Gasteiger partial charge >= 0.3 is 0 Å². The number of halogens is 1. The SMILES string of the molecule is CCC1CCN(c2ccc(F)c(OC)c2)CC(C)CN1. The van der Waals surface area contributed by atoms with Crippen LogP contribution in [0, 0.1) is 11.7 Å². The second kappa shape index (κ2) is 6.93. The van der Waals surface area contributed by atoms with Gasteiger partial charge in [0.1, 0.15) is 0 Å². The molecule has 2 unspecified atom stereocenters. The molecule has 0 amide bonds. The number of hydrogen-bond acceptors (Lipinski definition) is 3. The summed E-state index contributed by atoms with van der Waals surface area (Å²) in [6, 6.07) is 5.72. The molecule has 0 saturated carbocycles. The molecule has 0 aliphatic carbocycles. The Balaban J connectivity index is 2.16. The average molecular weight is 280 g/mol. The molecule has 1 aliphatic rings. The van der Waals surface area contributed by atoms with Crippen LogP contribution in [0.5, 0.6) is 5.75 Å². The summed E-state index contributed by atoms with van der Waals surface area (Å²) >= 11 is 0. The van der Waals surface area contributed by atoms with Crippen LogP contribution in [-0.4, -0.2) is 32.8 Å². The summed E-state index contributed by atoms with van der Waals surface area (Å²) in [5, 5.41) is 3.61. The van der Waals surface area contributed by atoms with Crippen molar-refractivity contribution in [1.29, 1.82) is 0 Å². The number of rotatable bonds is 3. The molecule has 0 radical (unpaired) electrons. The van der Waals surface area contributed by atoms with Crippen LogP contribution >= 0.6 is 0 Å². The predicted octanol–water partition coefficient (Wildman–Crippen LogP) is 3.05. The summed E-state index contributed by atoms with van der Waals surface area (Å²) in [5.74, 6) is 0.590. The monoisotopic (exact) mass is 280 g/mol. The molecule has 4 heteroatoms. The largest absolute Gasteiger partial charge is 0.494 e. The van der Waals surface area contributed by atoms with E-state index in [0.717, 1.165) is 38.2 Å². The number of benzene rings is 1. The van der Waals surface area contributed by atoms with Crippen molar-refractivity contribution in [1.82, 2.24) is 5.32 Å². The molecule has 0 spiro atoms. The Labute approximate surface area is 121 Å². The van der Waals surface area contributed by atoms with E-state index in [4.69, 9.17) is 4.74 Å². The molecule has 2 rings (SSSR count). The summed E-state index contributed by atoms with van der Waals surface area (Å²) < 4.78 is 18.6. The second-order valence-corrected chi connectivity index (χ2v) is 5.67. The Morgan fingerprint density at radius 3 is 2.95 bits per heavy atom. The maximum Gasteiger partial charge on any atom is 0.165 e. The maximum atomic E-state index is 13.5. The third kappa shape index (κ3) is 3.63. The van der Waals surface area contributed by atoms with Crippen LogP contribution in [0.1, 0.15) is 26.7 Å². The van der Waals surface area contributed by atoms with Gasteiger partial charge in [-0.05, 0) is 37.4 Å². The van der Waals surface area contributed by atoms with Crippen LogP contribution in [-0.2, 0) is 0 Å². The van der Waals surface area contributed by atoms with E-state index in [1.165, 1.54) is 13.2 Å². The molecule has 0 bridgehead atoms. The maximum absolute atomic E-state index is 13.5. The highest BCUT2D eigenvalue weighted by atomic mass is 19.1. The highest BCUT2D eigenvalue weighted by molar-refractivity contribution is 5.51. The summed E-state index contributed by atoms with van der Waals surface area (Å²) in [5.41, 5.74) is 1.05. The number of anilines is 1. The first-order chi connectivity index (χ1) is 9.63. The fraction of sp³-hybridized carbons (Fsp3) is 0.625. The van der Waals surface area contributed by atoms with Crippen molar-refractivity contribution in [3.8, 4) is 5.75 Å². The van der Waals surface area contributed by atoms with Crippen LogP contribution in [0.15, 0.2) is 18.2 Å². The fourth-order valence-electron chi connectivity index (χ4n) is 2.74. The first kappa shape index (κ1) is 15.1. The number of ether oxygens (including phenoxy) is 1. The third-order valence-electron chi connectivity index (χ3n) is 4.03. The standard InChI is InChI=1S/C16H25FN2O/c1-4-13-7-8-19(11-12(2)10-18-13)14-5-6-15(17)16(9-14)20-3/h5-6,9,12-13,18H,4,7-8,10-11H2,1-3H3. The molecule has 1 fully saturated rings. The Morgan fingerprint density at radius 1 is 1.45 bits per heavy atom. The molecule has 1 aromatic rings. The lowest BCUT2D eigenvalue weighted by molar-refractivity contribution is 0.381. The average Bonchev–Trinajstić information content (AvgIpc) is 2.44. The van der Waals surface area contributed by atoms with Crippen molar-refractivity contribution in [2.75, 3.05) is 31.6 Å². The molecule has 3 nitrogen and oxygen atoms in total. The fourth-order valence-corrected chi connectivity index (χ4v) is 2.74. The highest BCUT2D eigenvalue weighted by Crippen LogP contribution is 2.26. The number of methoxy groups -OCH3 is 1. The van der Waals surface area contributed by atoms with Crippen LogP contribution in [0.4, 0.5) is 10.1 Å². The summed E-state index contributed by atoms with van der Waals surface area (Å²) in [7, 11) is 1.51. The van der Waals surface area contributed by atoms with Crippen LogP contribution < -0.4 is 15.0 Å². The molecule has 20 heavy (non-hydrogen) atoms. The zero-order chi connectivity index (χ0) is 14.5. The Morgan fingerprint density at radius 2 is 2.25 bits per heavy atom. The normalized spacial score (nSPS) is 24.1. The van der Waals surface area contributed by atoms with E-state index in [1.807, 2.05) is 6.07 Å². The molecule has 2 atom stereocenters. The van der Waals surface area contributed by atoms with Gasteiger partial charge in [0.25, 0.3) is 0 Å². The minimum Gasteiger partial charge on any atom is -0.494 e. The third-order valence-corrected chi connectivity index (χ3v) is 4.03. The first-order valence-electron chi connectivity index (χ1n) is 7.46. The summed E-state index contributed by atoms with van der Waals surface area (Å²) in [6.07, 6.45) is 2.26. The number of hydrogen-bond donors (Lipinski definition) is 1. The van der Waals surface area contributed by atoms with Gasteiger partial charge in [-0.1, -0.05) is 13.8 Å². The van der Waals surface area contributed by atoms with Gasteiger partial charge in [0.2, 0.25) is 0 Å².